The van der Waals surface area contributed by atoms with Gasteiger partial charge in [0, 0.05) is 19.3 Å². The molecular formula is C55H110O8. The lowest BCUT2D eigenvalue weighted by Gasteiger charge is -2.08. The average Bonchev–Trinajstić information content (AvgIpc) is 3.27. The molecule has 0 spiro atoms. The van der Waals surface area contributed by atoms with Gasteiger partial charge in [0.05, 0.1) is 6.61 Å². The van der Waals surface area contributed by atoms with E-state index in [2.05, 4.69) is 20.8 Å². The fourth-order valence-electron chi connectivity index (χ4n) is 7.90. The molecule has 63 heavy (non-hydrogen) atoms. The molecule has 0 fully saturated rings. The molecule has 1 unspecified atom stereocenters. The summed E-state index contributed by atoms with van der Waals surface area (Å²) in [7, 11) is 0. The Kier molecular flexibility index (Phi) is 62.8. The molecule has 0 aliphatic heterocycles. The Morgan fingerprint density at radius 1 is 0.333 bits per heavy atom. The fraction of sp³-hybridized carbons (Fsp3) is 0.945. The summed E-state index contributed by atoms with van der Waals surface area (Å²) in [4.78, 5) is 32.0. The first-order valence-corrected chi connectivity index (χ1v) is 27.6. The van der Waals surface area contributed by atoms with Crippen LogP contribution in [-0.2, 0) is 19.1 Å². The second-order valence-corrected chi connectivity index (χ2v) is 18.7. The van der Waals surface area contributed by atoms with Gasteiger partial charge in [-0.2, -0.15) is 0 Å². The lowest BCUT2D eigenvalue weighted by atomic mass is 10.0. The molecule has 0 aromatic rings. The van der Waals surface area contributed by atoms with E-state index >= 15 is 0 Å². The first kappa shape index (κ1) is 65.6. The average molecular weight is 899 g/mol. The van der Waals surface area contributed by atoms with Gasteiger partial charge in [-0.15, -0.1) is 0 Å². The summed E-state index contributed by atoms with van der Waals surface area (Å²) in [5, 5.41) is 34.7. The second kappa shape index (κ2) is 60.3. The Bertz CT molecular complexity index is 881. The summed E-state index contributed by atoms with van der Waals surface area (Å²) in [6, 6.07) is 0. The number of ether oxygens (including phenoxy) is 1. The maximum atomic E-state index is 11.4. The monoisotopic (exact) mass is 899 g/mol. The second-order valence-electron chi connectivity index (χ2n) is 18.7. The van der Waals surface area contributed by atoms with E-state index < -0.39 is 18.0 Å². The predicted octanol–water partition coefficient (Wildman–Crippen LogP) is 17.0. The third kappa shape index (κ3) is 69.5. The maximum Gasteiger partial charge on any atom is 0.305 e. The molecule has 0 rings (SSSR count). The normalized spacial score (nSPS) is 11.4. The Balaban J connectivity index is -0.000000871. The van der Waals surface area contributed by atoms with Gasteiger partial charge in [0.2, 0.25) is 0 Å². The molecule has 8 heteroatoms. The fourth-order valence-corrected chi connectivity index (χ4v) is 7.90. The van der Waals surface area contributed by atoms with Gasteiger partial charge in [-0.25, -0.2) is 0 Å². The molecule has 1 atom stereocenters. The van der Waals surface area contributed by atoms with Crippen molar-refractivity contribution in [3.05, 3.63) is 0 Å². The van der Waals surface area contributed by atoms with Crippen molar-refractivity contribution in [3.63, 3.8) is 0 Å². The van der Waals surface area contributed by atoms with Crippen molar-refractivity contribution >= 4 is 17.9 Å². The number of hydrogen-bond donors (Lipinski definition) is 4. The van der Waals surface area contributed by atoms with Crippen LogP contribution in [0, 0.1) is 0 Å². The predicted molar refractivity (Wildman–Crippen MR) is 269 cm³/mol. The third-order valence-corrected chi connectivity index (χ3v) is 12.1. The number of esters is 1. The summed E-state index contributed by atoms with van der Waals surface area (Å²) < 4.78 is 4.86. The number of carboxylic acid groups (broad SMARTS) is 2. The molecule has 0 saturated carbocycles. The van der Waals surface area contributed by atoms with Crippen LogP contribution in [0.15, 0.2) is 0 Å². The minimum absolute atomic E-state index is 0.103. The standard InChI is InChI=1S/C21H42O4.C18H36O2.C16H32O2/c1-2-3-4-5-6-7-8-9-10-11-12-13-14-15-16-17-21(24)25-19-20(23)18-22;1-2-3-4-5-6-7-8-9-10-11-12-13-14-15-16-17-18(19)20;1-2-3-4-5-6-7-8-9-10-11-12-13-14-15-16(17)18/h20,22-23H,2-19H2,1H3;2-17H2,1H3,(H,19,20);2-15H2,1H3,(H,17,18). The van der Waals surface area contributed by atoms with Gasteiger partial charge in [0.15, 0.2) is 0 Å². The van der Waals surface area contributed by atoms with Crippen LogP contribution >= 0.6 is 0 Å². The van der Waals surface area contributed by atoms with Crippen LogP contribution in [0.1, 0.15) is 316 Å². The van der Waals surface area contributed by atoms with Gasteiger partial charge in [-0.1, -0.05) is 278 Å². The molecule has 8 nitrogen and oxygen atoms in total. The zero-order valence-corrected chi connectivity index (χ0v) is 42.4. The number of carbonyl (C=O) groups excluding carboxylic acids is 1. The van der Waals surface area contributed by atoms with Crippen LogP contribution < -0.4 is 0 Å². The van der Waals surface area contributed by atoms with Crippen LogP contribution in [0.5, 0.6) is 0 Å². The summed E-state index contributed by atoms with van der Waals surface area (Å²) in [6.45, 7) is 6.32. The summed E-state index contributed by atoms with van der Waals surface area (Å²) in [6.07, 6.45) is 56.5. The molecule has 0 aromatic heterocycles. The molecule has 0 aliphatic carbocycles. The topological polar surface area (TPSA) is 141 Å². The molecule has 0 radical (unpaired) electrons. The number of hydrogen-bond acceptors (Lipinski definition) is 6. The molecule has 0 heterocycles. The molecule has 378 valence electrons. The Hall–Kier alpha value is -1.67. The van der Waals surface area contributed by atoms with Crippen LogP contribution in [0.2, 0.25) is 0 Å². The first-order chi connectivity index (χ1) is 30.7. The highest BCUT2D eigenvalue weighted by Gasteiger charge is 2.07. The van der Waals surface area contributed by atoms with Crippen molar-refractivity contribution in [2.75, 3.05) is 13.2 Å². The maximum absolute atomic E-state index is 11.4. The van der Waals surface area contributed by atoms with Crippen LogP contribution in [-0.4, -0.2) is 57.7 Å². The lowest BCUT2D eigenvalue weighted by Crippen LogP contribution is -2.21. The van der Waals surface area contributed by atoms with E-state index in [-0.39, 0.29) is 19.2 Å². The summed E-state index contributed by atoms with van der Waals surface area (Å²) in [5.74, 6) is -1.58. The molecule has 0 aromatic carbocycles. The van der Waals surface area contributed by atoms with Gasteiger partial charge < -0.3 is 25.2 Å². The van der Waals surface area contributed by atoms with Crippen LogP contribution in [0.25, 0.3) is 0 Å². The smallest absolute Gasteiger partial charge is 0.305 e. The Labute approximate surface area is 391 Å². The highest BCUT2D eigenvalue weighted by molar-refractivity contribution is 5.69. The SMILES string of the molecule is CCCCCCCCCCCCCCCC(=O)O.CCCCCCCCCCCCCCCCCC(=O)O.CCCCCCCCCCCCCCCCCC(=O)OCC(O)CO. The van der Waals surface area contributed by atoms with E-state index in [0.717, 1.165) is 38.5 Å². The van der Waals surface area contributed by atoms with Gasteiger partial charge in [0.1, 0.15) is 12.7 Å². The number of aliphatic hydroxyl groups excluding tert-OH is 2. The van der Waals surface area contributed by atoms with Crippen LogP contribution in [0.4, 0.5) is 0 Å². The van der Waals surface area contributed by atoms with Crippen molar-refractivity contribution in [1.29, 1.82) is 0 Å². The minimum Gasteiger partial charge on any atom is -0.481 e. The number of carboxylic acids is 2. The quantitative estimate of drug-likeness (QED) is 0.0349. The molecule has 0 bridgehead atoms. The van der Waals surface area contributed by atoms with Crippen molar-refractivity contribution in [2.24, 2.45) is 0 Å². The zero-order chi connectivity index (χ0) is 47.0. The highest BCUT2D eigenvalue weighted by atomic mass is 16.5. The number of unbranched alkanes of at least 4 members (excludes halogenated alkanes) is 40. The van der Waals surface area contributed by atoms with E-state index in [0.29, 0.717) is 19.3 Å². The number of rotatable bonds is 49. The molecule has 4 N–H and O–H groups in total. The molecular weight excluding hydrogens is 789 g/mol. The zero-order valence-electron chi connectivity index (χ0n) is 42.4. The van der Waals surface area contributed by atoms with Crippen molar-refractivity contribution < 1.29 is 39.5 Å². The van der Waals surface area contributed by atoms with Crippen molar-refractivity contribution in [3.8, 4) is 0 Å². The van der Waals surface area contributed by atoms with Gasteiger partial charge >= 0.3 is 17.9 Å². The van der Waals surface area contributed by atoms with E-state index in [9.17, 15) is 14.4 Å². The number of carbonyl (C=O) groups is 3. The molecule has 0 saturated heterocycles. The minimum atomic E-state index is -0.954. The Morgan fingerprint density at radius 3 is 0.714 bits per heavy atom. The number of aliphatic hydroxyl groups is 2. The summed E-state index contributed by atoms with van der Waals surface area (Å²) >= 11 is 0. The first-order valence-electron chi connectivity index (χ1n) is 27.6. The lowest BCUT2D eigenvalue weighted by molar-refractivity contribution is -0.147. The third-order valence-electron chi connectivity index (χ3n) is 12.1. The van der Waals surface area contributed by atoms with Gasteiger partial charge in [-0.05, 0) is 19.3 Å². The van der Waals surface area contributed by atoms with E-state index in [1.165, 1.54) is 238 Å². The van der Waals surface area contributed by atoms with Gasteiger partial charge in [0.25, 0.3) is 0 Å². The van der Waals surface area contributed by atoms with Gasteiger partial charge in [-0.3, -0.25) is 14.4 Å². The van der Waals surface area contributed by atoms with E-state index in [1.807, 2.05) is 0 Å². The number of aliphatic carboxylic acids is 2. The molecule has 0 aliphatic rings. The van der Waals surface area contributed by atoms with Crippen molar-refractivity contribution in [1.82, 2.24) is 0 Å². The van der Waals surface area contributed by atoms with Crippen LogP contribution in [0.3, 0.4) is 0 Å². The van der Waals surface area contributed by atoms with E-state index in [1.54, 1.807) is 0 Å². The largest absolute Gasteiger partial charge is 0.481 e. The Morgan fingerprint density at radius 2 is 0.524 bits per heavy atom. The molecule has 0 amide bonds. The highest BCUT2D eigenvalue weighted by Crippen LogP contribution is 2.16. The van der Waals surface area contributed by atoms with E-state index in [4.69, 9.17) is 25.2 Å². The summed E-state index contributed by atoms with van der Waals surface area (Å²) in [5.41, 5.74) is 0. The van der Waals surface area contributed by atoms with Crippen molar-refractivity contribution in [2.45, 2.75) is 322 Å².